The molecule has 0 unspecified atom stereocenters. The first-order chi connectivity index (χ1) is 8.31. The van der Waals surface area contributed by atoms with Crippen LogP contribution in [0.25, 0.3) is 11.6 Å². The minimum Gasteiger partial charge on any atom is -0.298 e. The number of aromatic nitrogens is 1. The highest BCUT2D eigenvalue weighted by molar-refractivity contribution is 6.13. The fourth-order valence-electron chi connectivity index (χ4n) is 1.51. The fourth-order valence-corrected chi connectivity index (χ4v) is 1.51. The minimum absolute atomic E-state index is 0.298. The van der Waals surface area contributed by atoms with E-state index >= 15 is 0 Å². The molecule has 0 saturated heterocycles. The lowest BCUT2D eigenvalue weighted by Crippen LogP contribution is -1.90. The second-order valence-electron chi connectivity index (χ2n) is 3.48. The number of hydrogen-bond acceptors (Lipinski definition) is 2. The standard InChI is InChI=1S/C14H10FNO/c15-14-6-2-1-5-13(14)12(10-17)8-11-4-3-7-16-9-11/h1-10H. The Morgan fingerprint density at radius 2 is 2.00 bits per heavy atom. The lowest BCUT2D eigenvalue weighted by atomic mass is 10.0. The maximum atomic E-state index is 13.5. The molecule has 2 rings (SSSR count). The Kier molecular flexibility index (Phi) is 3.40. The van der Waals surface area contributed by atoms with Gasteiger partial charge in [-0.25, -0.2) is 4.39 Å². The molecule has 0 N–H and O–H groups in total. The average molecular weight is 227 g/mol. The van der Waals surface area contributed by atoms with Gasteiger partial charge < -0.3 is 0 Å². The van der Waals surface area contributed by atoms with E-state index in [1.807, 2.05) is 0 Å². The van der Waals surface area contributed by atoms with Crippen LogP contribution in [-0.2, 0) is 4.79 Å². The Labute approximate surface area is 98.4 Å². The van der Waals surface area contributed by atoms with Crippen LogP contribution in [-0.4, -0.2) is 11.3 Å². The summed E-state index contributed by atoms with van der Waals surface area (Å²) in [5, 5.41) is 0. The third-order valence-corrected chi connectivity index (χ3v) is 2.32. The van der Waals surface area contributed by atoms with Gasteiger partial charge in [-0.2, -0.15) is 0 Å². The third-order valence-electron chi connectivity index (χ3n) is 2.32. The monoisotopic (exact) mass is 227 g/mol. The van der Waals surface area contributed by atoms with Gasteiger partial charge in [-0.15, -0.1) is 0 Å². The molecular formula is C14H10FNO. The van der Waals surface area contributed by atoms with Gasteiger partial charge in [-0.05, 0) is 23.8 Å². The lowest BCUT2D eigenvalue weighted by Gasteiger charge is -2.02. The predicted molar refractivity (Wildman–Crippen MR) is 64.6 cm³/mol. The zero-order valence-electron chi connectivity index (χ0n) is 9.01. The number of rotatable bonds is 3. The first-order valence-corrected chi connectivity index (χ1v) is 5.13. The molecule has 0 aliphatic heterocycles. The van der Waals surface area contributed by atoms with Crippen molar-refractivity contribution in [1.82, 2.24) is 4.98 Å². The number of aldehydes is 1. The van der Waals surface area contributed by atoms with Crippen molar-refractivity contribution in [3.05, 3.63) is 65.7 Å². The quantitative estimate of drug-likeness (QED) is 0.596. The van der Waals surface area contributed by atoms with Crippen molar-refractivity contribution in [2.75, 3.05) is 0 Å². The highest BCUT2D eigenvalue weighted by Crippen LogP contribution is 2.18. The van der Waals surface area contributed by atoms with Gasteiger partial charge >= 0.3 is 0 Å². The first kappa shape index (κ1) is 11.2. The summed E-state index contributed by atoms with van der Waals surface area (Å²) >= 11 is 0. The second-order valence-corrected chi connectivity index (χ2v) is 3.48. The summed E-state index contributed by atoms with van der Waals surface area (Å²) in [5.41, 5.74) is 1.36. The van der Waals surface area contributed by atoms with Crippen LogP contribution in [0.15, 0.2) is 48.8 Å². The van der Waals surface area contributed by atoms with Crippen LogP contribution in [0.2, 0.25) is 0 Å². The number of benzene rings is 1. The molecule has 1 aromatic carbocycles. The summed E-state index contributed by atoms with van der Waals surface area (Å²) in [7, 11) is 0. The van der Waals surface area contributed by atoms with Gasteiger partial charge in [-0.3, -0.25) is 9.78 Å². The van der Waals surface area contributed by atoms with Crippen LogP contribution < -0.4 is 0 Å². The third kappa shape index (κ3) is 2.64. The van der Waals surface area contributed by atoms with Gasteiger partial charge in [0, 0.05) is 23.5 Å². The molecule has 0 bridgehead atoms. The number of pyridine rings is 1. The highest BCUT2D eigenvalue weighted by Gasteiger charge is 2.06. The maximum Gasteiger partial charge on any atom is 0.150 e. The van der Waals surface area contributed by atoms with Crippen molar-refractivity contribution in [3.8, 4) is 0 Å². The van der Waals surface area contributed by atoms with Crippen LogP contribution in [0.1, 0.15) is 11.1 Å². The van der Waals surface area contributed by atoms with E-state index in [9.17, 15) is 9.18 Å². The van der Waals surface area contributed by atoms with Crippen LogP contribution in [0.4, 0.5) is 4.39 Å². The van der Waals surface area contributed by atoms with Crippen molar-refractivity contribution in [2.45, 2.75) is 0 Å². The molecule has 0 saturated carbocycles. The largest absolute Gasteiger partial charge is 0.298 e. The van der Waals surface area contributed by atoms with Gasteiger partial charge in [0.1, 0.15) is 5.82 Å². The topological polar surface area (TPSA) is 30.0 Å². The SMILES string of the molecule is O=CC(=Cc1cccnc1)c1ccccc1F. The molecule has 84 valence electrons. The first-order valence-electron chi connectivity index (χ1n) is 5.13. The molecule has 17 heavy (non-hydrogen) atoms. The molecule has 3 heteroatoms. The molecule has 0 amide bonds. The van der Waals surface area contributed by atoms with Crippen molar-refractivity contribution in [1.29, 1.82) is 0 Å². The number of hydrogen-bond donors (Lipinski definition) is 0. The van der Waals surface area contributed by atoms with Crippen LogP contribution >= 0.6 is 0 Å². The summed E-state index contributed by atoms with van der Waals surface area (Å²) < 4.78 is 13.5. The Morgan fingerprint density at radius 3 is 2.65 bits per heavy atom. The van der Waals surface area contributed by atoms with E-state index in [-0.39, 0.29) is 0 Å². The van der Waals surface area contributed by atoms with Gasteiger partial charge in [0.2, 0.25) is 0 Å². The van der Waals surface area contributed by atoms with Crippen molar-refractivity contribution < 1.29 is 9.18 Å². The normalized spacial score (nSPS) is 11.2. The molecule has 2 nitrogen and oxygen atoms in total. The molecule has 0 radical (unpaired) electrons. The van der Waals surface area contributed by atoms with E-state index in [2.05, 4.69) is 4.98 Å². The molecule has 0 atom stereocenters. The molecule has 2 aromatic rings. The zero-order valence-corrected chi connectivity index (χ0v) is 9.01. The van der Waals surface area contributed by atoms with Gasteiger partial charge in [0.15, 0.2) is 6.29 Å². The van der Waals surface area contributed by atoms with E-state index in [1.54, 1.807) is 48.8 Å². The minimum atomic E-state index is -0.408. The van der Waals surface area contributed by atoms with Crippen LogP contribution in [0.3, 0.4) is 0 Å². The summed E-state index contributed by atoms with van der Waals surface area (Å²) in [5.74, 6) is -0.408. The average Bonchev–Trinajstić information content (AvgIpc) is 2.38. The molecule has 0 aliphatic carbocycles. The molecule has 0 spiro atoms. The van der Waals surface area contributed by atoms with E-state index < -0.39 is 5.82 Å². The summed E-state index contributed by atoms with van der Waals surface area (Å²) in [6.45, 7) is 0. The maximum absolute atomic E-state index is 13.5. The van der Waals surface area contributed by atoms with Crippen molar-refractivity contribution >= 4 is 17.9 Å². The van der Waals surface area contributed by atoms with Gasteiger partial charge in [0.05, 0.1) is 0 Å². The Morgan fingerprint density at radius 1 is 1.18 bits per heavy atom. The molecule has 1 heterocycles. The van der Waals surface area contributed by atoms with Crippen LogP contribution in [0, 0.1) is 5.82 Å². The van der Waals surface area contributed by atoms with Crippen LogP contribution in [0.5, 0.6) is 0 Å². The van der Waals surface area contributed by atoms with E-state index in [4.69, 9.17) is 0 Å². The summed E-state index contributed by atoms with van der Waals surface area (Å²) in [6.07, 6.45) is 5.51. The van der Waals surface area contributed by atoms with E-state index in [0.29, 0.717) is 17.4 Å². The Hall–Kier alpha value is -2.29. The van der Waals surface area contributed by atoms with E-state index in [0.717, 1.165) is 5.56 Å². The number of halogens is 1. The van der Waals surface area contributed by atoms with E-state index in [1.165, 1.54) is 6.07 Å². The number of carbonyl (C=O) groups excluding carboxylic acids is 1. The molecule has 0 aliphatic rings. The number of nitrogens with zero attached hydrogens (tertiary/aromatic N) is 1. The van der Waals surface area contributed by atoms with Crippen molar-refractivity contribution in [2.24, 2.45) is 0 Å². The second kappa shape index (κ2) is 5.16. The number of carbonyl (C=O) groups is 1. The van der Waals surface area contributed by atoms with Gasteiger partial charge in [-0.1, -0.05) is 24.3 Å². The highest BCUT2D eigenvalue weighted by atomic mass is 19.1. The van der Waals surface area contributed by atoms with Crippen molar-refractivity contribution in [3.63, 3.8) is 0 Å². The Balaban J connectivity index is 2.45. The Bertz CT molecular complexity index is 549. The zero-order chi connectivity index (χ0) is 12.1. The molecule has 0 fully saturated rings. The smallest absolute Gasteiger partial charge is 0.150 e. The fraction of sp³-hybridized carbons (Fsp3) is 0. The molecular weight excluding hydrogens is 217 g/mol. The summed E-state index contributed by atoms with van der Waals surface area (Å²) in [4.78, 5) is 14.9. The number of allylic oxidation sites excluding steroid dienone is 1. The lowest BCUT2D eigenvalue weighted by molar-refractivity contribution is -0.103. The van der Waals surface area contributed by atoms with Gasteiger partial charge in [0.25, 0.3) is 0 Å². The summed E-state index contributed by atoms with van der Waals surface area (Å²) in [6, 6.07) is 9.75. The predicted octanol–water partition coefficient (Wildman–Crippen LogP) is 2.96. The molecule has 1 aromatic heterocycles.